The Morgan fingerprint density at radius 3 is 1.74 bits per heavy atom. The van der Waals surface area contributed by atoms with Crippen molar-refractivity contribution < 1.29 is 61.8 Å². The number of nitrogens with one attached hydrogen (secondary N) is 1. The number of allylic oxidation sites excluding steroid dienone is 2. The number of aromatic nitrogens is 1. The van der Waals surface area contributed by atoms with Gasteiger partial charge in [0.05, 0.1) is 62.0 Å². The van der Waals surface area contributed by atoms with Crippen LogP contribution in [-0.4, -0.2) is 86.0 Å². The molecule has 2 aliphatic rings. The van der Waals surface area contributed by atoms with Gasteiger partial charge in [-0.15, -0.1) is 11.3 Å². The minimum Gasteiger partial charge on any atom is -0.492 e. The highest BCUT2D eigenvalue weighted by Crippen LogP contribution is 2.37. The van der Waals surface area contributed by atoms with E-state index in [1.165, 1.54) is 0 Å². The molecule has 3 heterocycles. The first-order valence-corrected chi connectivity index (χ1v) is 25.3. The number of nitrogens with zero attached hydrogens (tertiary/aromatic N) is 2. The second kappa shape index (κ2) is 26.1. The molecule has 1 aromatic heterocycles. The van der Waals surface area contributed by atoms with E-state index in [2.05, 4.69) is 16.4 Å². The Labute approximate surface area is 435 Å². The molecule has 16 nitrogen and oxygen atoms in total. The summed E-state index contributed by atoms with van der Waals surface area (Å²) >= 11 is 1.10. The monoisotopic (exact) mass is 1030 g/mol. The van der Waals surface area contributed by atoms with Crippen molar-refractivity contribution in [2.24, 2.45) is 11.8 Å². The summed E-state index contributed by atoms with van der Waals surface area (Å²) < 4.78 is 56.2. The lowest BCUT2D eigenvalue weighted by molar-refractivity contribution is -0.319. The van der Waals surface area contributed by atoms with Crippen molar-refractivity contribution in [1.29, 1.82) is 5.26 Å². The van der Waals surface area contributed by atoms with Gasteiger partial charge in [0.25, 0.3) is 0 Å². The minimum absolute atomic E-state index is 0.00321. The molecule has 0 spiro atoms. The number of aryl methyl sites for hydroxylation is 1. The van der Waals surface area contributed by atoms with E-state index in [1.54, 1.807) is 52.8 Å². The Balaban J connectivity index is 1.27. The van der Waals surface area contributed by atoms with Crippen molar-refractivity contribution in [3.05, 3.63) is 165 Å². The van der Waals surface area contributed by atoms with Gasteiger partial charge in [0.1, 0.15) is 58.6 Å². The summed E-state index contributed by atoms with van der Waals surface area (Å²) in [4.78, 5) is 61.6. The van der Waals surface area contributed by atoms with E-state index in [-0.39, 0.29) is 66.4 Å². The van der Waals surface area contributed by atoms with Crippen LogP contribution in [0.25, 0.3) is 10.6 Å². The second-order valence-corrected chi connectivity index (χ2v) is 18.9. The zero-order valence-electron chi connectivity index (χ0n) is 42.5. The Bertz CT molecular complexity index is 2800. The first-order chi connectivity index (χ1) is 35.8. The van der Waals surface area contributed by atoms with Gasteiger partial charge in [-0.3, -0.25) is 4.79 Å². The van der Waals surface area contributed by atoms with E-state index >= 15 is 4.79 Å². The van der Waals surface area contributed by atoms with E-state index < -0.39 is 67.1 Å². The molecule has 388 valence electrons. The van der Waals surface area contributed by atoms with Gasteiger partial charge >= 0.3 is 23.9 Å². The highest BCUT2D eigenvalue weighted by atomic mass is 32.1. The molecule has 0 saturated carbocycles. The number of benzene rings is 4. The molecule has 17 heteroatoms. The number of nitriles is 1. The first-order valence-electron chi connectivity index (χ1n) is 24.5. The van der Waals surface area contributed by atoms with Crippen LogP contribution in [0.15, 0.2) is 132 Å². The fourth-order valence-electron chi connectivity index (χ4n) is 8.41. The fraction of sp³-hybridized carbons (Fsp3) is 0.368. The summed E-state index contributed by atoms with van der Waals surface area (Å²) in [5.74, 6) is -4.40. The van der Waals surface area contributed by atoms with Crippen molar-refractivity contribution in [2.45, 2.75) is 99.0 Å². The molecule has 7 rings (SSSR count). The standard InChI is InChI=1S/C57H61N3O13S/c1-8-65-53(61)45-35(5)59-36(6)46(54(62)66-9-2)47(45)55(63)73-57-50(70-32-40-23-17-12-18-24-40)49(69-31-39-21-15-11-16-22-39)48(68-30-38-19-13-10-14-20-38)44(72-57)33-71-56(64)51-37(7)60-52(74-51)41-25-26-43(42(27-41)28-58)67-29-34(3)4/h10-27,34,44,47-50,57,59H,8-9,29-33H2,1-7H3/t44-,48-,49+,50+,57+/m1/s1. The lowest BCUT2D eigenvalue weighted by atomic mass is 9.85. The van der Waals surface area contributed by atoms with E-state index in [4.69, 9.17) is 42.6 Å². The molecule has 0 amide bonds. The zero-order valence-corrected chi connectivity index (χ0v) is 43.3. The second-order valence-electron chi connectivity index (χ2n) is 17.9. The number of carbonyl (C=O) groups is 4. The normalized spacial score (nSPS) is 18.8. The molecule has 1 saturated heterocycles. The molecule has 5 atom stereocenters. The summed E-state index contributed by atoms with van der Waals surface area (Å²) in [7, 11) is 0. The van der Waals surface area contributed by atoms with Gasteiger partial charge in [-0.2, -0.15) is 5.26 Å². The largest absolute Gasteiger partial charge is 0.492 e. The van der Waals surface area contributed by atoms with Gasteiger partial charge in [0, 0.05) is 17.0 Å². The van der Waals surface area contributed by atoms with Crippen LogP contribution in [0.2, 0.25) is 0 Å². The van der Waals surface area contributed by atoms with Crippen molar-refractivity contribution in [3.63, 3.8) is 0 Å². The fourth-order valence-corrected chi connectivity index (χ4v) is 9.37. The van der Waals surface area contributed by atoms with E-state index in [0.29, 0.717) is 34.2 Å². The van der Waals surface area contributed by atoms with Crippen LogP contribution in [0.4, 0.5) is 0 Å². The molecule has 1 N–H and O–H groups in total. The van der Waals surface area contributed by atoms with Crippen LogP contribution in [0.5, 0.6) is 5.75 Å². The lowest BCUT2D eigenvalue weighted by Crippen LogP contribution is -2.62. The van der Waals surface area contributed by atoms with Gasteiger partial charge in [0.15, 0.2) is 0 Å². The molecule has 0 radical (unpaired) electrons. The number of ether oxygens (including phenoxy) is 9. The maximum atomic E-state index is 15.1. The topological polar surface area (TPSA) is 200 Å². The highest BCUT2D eigenvalue weighted by molar-refractivity contribution is 7.17. The van der Waals surface area contributed by atoms with Gasteiger partial charge in [0.2, 0.25) is 6.29 Å². The highest BCUT2D eigenvalue weighted by Gasteiger charge is 2.52. The molecule has 0 aliphatic carbocycles. The molecular formula is C57H61N3O13S. The third kappa shape index (κ3) is 13.7. The van der Waals surface area contributed by atoms with Crippen LogP contribution in [-0.2, 0) is 72.1 Å². The van der Waals surface area contributed by atoms with Gasteiger partial charge < -0.3 is 47.9 Å². The van der Waals surface area contributed by atoms with Crippen molar-refractivity contribution in [1.82, 2.24) is 10.3 Å². The van der Waals surface area contributed by atoms with Crippen LogP contribution >= 0.6 is 11.3 Å². The Hall–Kier alpha value is -7.20. The summed E-state index contributed by atoms with van der Waals surface area (Å²) in [6, 6.07) is 35.6. The third-order valence-electron chi connectivity index (χ3n) is 11.9. The molecule has 4 aromatic carbocycles. The average molecular weight is 1030 g/mol. The Kier molecular flexibility index (Phi) is 19.3. The van der Waals surface area contributed by atoms with Crippen LogP contribution in [0.1, 0.15) is 79.2 Å². The summed E-state index contributed by atoms with van der Waals surface area (Å²) in [6.45, 7) is 12.2. The molecule has 5 aromatic rings. The Morgan fingerprint density at radius 1 is 0.703 bits per heavy atom. The van der Waals surface area contributed by atoms with E-state index in [1.807, 2.05) is 105 Å². The van der Waals surface area contributed by atoms with Crippen LogP contribution in [0, 0.1) is 30.1 Å². The third-order valence-corrected chi connectivity index (χ3v) is 13.1. The number of rotatable bonds is 22. The van der Waals surface area contributed by atoms with Gasteiger partial charge in [-0.05, 0) is 75.4 Å². The predicted octanol–water partition coefficient (Wildman–Crippen LogP) is 9.10. The van der Waals surface area contributed by atoms with Gasteiger partial charge in [-0.25, -0.2) is 19.4 Å². The molecule has 0 unspecified atom stereocenters. The smallest absolute Gasteiger partial charge is 0.350 e. The zero-order chi connectivity index (χ0) is 52.7. The SMILES string of the molecule is CCOC(=O)C1=C(C)NC(C)=C(C(=O)OCC)C1C(=O)O[C@@H]1O[C@H](COC(=O)c2sc(-c3ccc(OCC(C)C)c(C#N)c3)nc2C)[C@@H](OCc2ccccc2)[C@H](OCc2ccccc2)[C@@H]1OCc1ccccc1. The quantitative estimate of drug-likeness (QED) is 0.0508. The minimum atomic E-state index is -1.63. The molecule has 2 aliphatic heterocycles. The number of carbonyl (C=O) groups excluding carboxylic acids is 4. The maximum Gasteiger partial charge on any atom is 0.350 e. The summed E-state index contributed by atoms with van der Waals surface area (Å²) in [5.41, 5.74) is 3.95. The molecule has 0 bridgehead atoms. The van der Waals surface area contributed by atoms with Crippen molar-refractivity contribution >= 4 is 35.2 Å². The lowest BCUT2D eigenvalue weighted by Gasteiger charge is -2.45. The molecular weight excluding hydrogens is 967 g/mol. The van der Waals surface area contributed by atoms with Gasteiger partial charge in [-0.1, -0.05) is 105 Å². The molecule has 74 heavy (non-hydrogen) atoms. The van der Waals surface area contributed by atoms with Crippen molar-refractivity contribution in [3.8, 4) is 22.4 Å². The van der Waals surface area contributed by atoms with Crippen LogP contribution in [0.3, 0.4) is 0 Å². The summed E-state index contributed by atoms with van der Waals surface area (Å²) in [5, 5.41) is 13.5. The number of hydrogen-bond donors (Lipinski definition) is 1. The first kappa shape index (κ1) is 54.6. The van der Waals surface area contributed by atoms with E-state index in [9.17, 15) is 19.6 Å². The van der Waals surface area contributed by atoms with Crippen molar-refractivity contribution in [2.75, 3.05) is 26.4 Å². The number of hydrogen-bond acceptors (Lipinski definition) is 17. The molecule has 1 fully saturated rings. The average Bonchev–Trinajstić information content (AvgIpc) is 3.80. The summed E-state index contributed by atoms with van der Waals surface area (Å²) in [6.07, 6.45) is -6.20. The predicted molar refractivity (Wildman–Crippen MR) is 273 cm³/mol. The Morgan fingerprint density at radius 2 is 1.23 bits per heavy atom. The van der Waals surface area contributed by atoms with Crippen LogP contribution < -0.4 is 10.1 Å². The van der Waals surface area contributed by atoms with E-state index in [0.717, 1.165) is 28.0 Å². The number of dihydropyridines is 1. The number of esters is 4. The number of thiazole rings is 1. The maximum absolute atomic E-state index is 15.1.